The molecule has 0 aromatic heterocycles. The van der Waals surface area contributed by atoms with Crippen molar-refractivity contribution in [2.75, 3.05) is 18.4 Å². The standard InChI is InChI=1S/C40H38N4O6/c45-34-16-6-27(7-17-34)24-37(38(47)41-33-22-23-44(26-33)25-28-8-18-35(46)19-9-28)43-40(49)42-32-14-10-31(11-15-32)39(48)50-36-20-12-30(13-21-36)29-4-2-1-3-5-29/h1-21,33,37,45-46H,22-26H2,(H,41,47)(H2,42,43,49)/t33?,37-/m0/s1. The van der Waals surface area contributed by atoms with Crippen molar-refractivity contribution in [1.29, 1.82) is 0 Å². The number of phenols is 2. The van der Waals surface area contributed by atoms with Gasteiger partial charge in [-0.2, -0.15) is 0 Å². The van der Waals surface area contributed by atoms with Gasteiger partial charge in [0.2, 0.25) is 5.91 Å². The monoisotopic (exact) mass is 670 g/mol. The number of carbonyl (C=O) groups is 3. The zero-order chi connectivity index (χ0) is 34.9. The number of hydrogen-bond donors (Lipinski definition) is 5. The number of ether oxygens (including phenoxy) is 1. The Hall–Kier alpha value is -6.13. The second-order valence-corrected chi connectivity index (χ2v) is 12.3. The van der Waals surface area contributed by atoms with Crippen molar-refractivity contribution < 1.29 is 29.3 Å². The lowest BCUT2D eigenvalue weighted by Gasteiger charge is -2.22. The minimum atomic E-state index is -0.895. The molecule has 6 rings (SSSR count). The van der Waals surface area contributed by atoms with Gasteiger partial charge in [0.1, 0.15) is 23.3 Å². The van der Waals surface area contributed by atoms with Gasteiger partial charge in [-0.3, -0.25) is 9.69 Å². The number of benzene rings is 5. The zero-order valence-corrected chi connectivity index (χ0v) is 27.3. The zero-order valence-electron chi connectivity index (χ0n) is 27.3. The summed E-state index contributed by atoms with van der Waals surface area (Å²) in [7, 11) is 0. The van der Waals surface area contributed by atoms with Crippen LogP contribution in [0.5, 0.6) is 17.2 Å². The van der Waals surface area contributed by atoms with Crippen LogP contribution in [0.4, 0.5) is 10.5 Å². The van der Waals surface area contributed by atoms with Crippen LogP contribution in [0.25, 0.3) is 11.1 Å². The molecular formula is C40H38N4O6. The van der Waals surface area contributed by atoms with Crippen LogP contribution in [0.15, 0.2) is 127 Å². The molecule has 5 aromatic rings. The van der Waals surface area contributed by atoms with E-state index < -0.39 is 18.0 Å². The van der Waals surface area contributed by atoms with E-state index in [9.17, 15) is 24.6 Å². The first-order chi connectivity index (χ1) is 24.3. The summed E-state index contributed by atoms with van der Waals surface area (Å²) in [5.74, 6) is -0.118. The van der Waals surface area contributed by atoms with E-state index in [1.54, 1.807) is 60.7 Å². The second-order valence-electron chi connectivity index (χ2n) is 12.3. The molecule has 0 bridgehead atoms. The molecule has 50 heavy (non-hydrogen) atoms. The van der Waals surface area contributed by atoms with Gasteiger partial charge in [-0.15, -0.1) is 0 Å². The molecule has 0 saturated carbocycles. The maximum Gasteiger partial charge on any atom is 0.343 e. The van der Waals surface area contributed by atoms with Crippen molar-refractivity contribution >= 4 is 23.6 Å². The number of urea groups is 1. The number of carbonyl (C=O) groups excluding carboxylic acids is 3. The van der Waals surface area contributed by atoms with Crippen molar-refractivity contribution in [1.82, 2.24) is 15.5 Å². The predicted octanol–water partition coefficient (Wildman–Crippen LogP) is 6.11. The summed E-state index contributed by atoms with van der Waals surface area (Å²) in [5, 5.41) is 27.9. The van der Waals surface area contributed by atoms with E-state index in [1.807, 2.05) is 54.6 Å². The van der Waals surface area contributed by atoms with Crippen LogP contribution in [-0.4, -0.2) is 58.2 Å². The number of likely N-dealkylation sites (tertiary alicyclic amines) is 1. The van der Waals surface area contributed by atoms with E-state index in [4.69, 9.17) is 4.74 Å². The Morgan fingerprint density at radius 3 is 2.02 bits per heavy atom. The first-order valence-corrected chi connectivity index (χ1v) is 16.4. The minimum absolute atomic E-state index is 0.0964. The summed E-state index contributed by atoms with van der Waals surface area (Å²) in [6, 6.07) is 35.4. The predicted molar refractivity (Wildman–Crippen MR) is 191 cm³/mol. The molecule has 5 aromatic carbocycles. The van der Waals surface area contributed by atoms with Crippen LogP contribution in [0.2, 0.25) is 0 Å². The fourth-order valence-electron chi connectivity index (χ4n) is 5.86. The summed E-state index contributed by atoms with van der Waals surface area (Å²) in [4.78, 5) is 41.7. The fourth-order valence-corrected chi connectivity index (χ4v) is 5.86. The van der Waals surface area contributed by atoms with Gasteiger partial charge in [0.25, 0.3) is 0 Å². The summed E-state index contributed by atoms with van der Waals surface area (Å²) in [6.45, 7) is 2.15. The molecule has 0 aliphatic carbocycles. The molecule has 10 heteroatoms. The van der Waals surface area contributed by atoms with Crippen molar-refractivity contribution in [3.8, 4) is 28.4 Å². The second kappa shape index (κ2) is 15.8. The van der Waals surface area contributed by atoms with E-state index in [1.165, 1.54) is 12.1 Å². The Balaban J connectivity index is 1.04. The topological polar surface area (TPSA) is 140 Å². The number of nitrogens with zero attached hydrogens (tertiary/aromatic N) is 1. The molecule has 1 saturated heterocycles. The highest BCUT2D eigenvalue weighted by Gasteiger charge is 2.28. The molecule has 254 valence electrons. The van der Waals surface area contributed by atoms with E-state index in [-0.39, 0.29) is 29.9 Å². The number of hydrogen-bond acceptors (Lipinski definition) is 7. The van der Waals surface area contributed by atoms with Gasteiger partial charge in [0.15, 0.2) is 0 Å². The van der Waals surface area contributed by atoms with Gasteiger partial charge in [0, 0.05) is 37.8 Å². The van der Waals surface area contributed by atoms with Crippen molar-refractivity contribution in [3.63, 3.8) is 0 Å². The molecule has 0 radical (unpaired) electrons. The van der Waals surface area contributed by atoms with Gasteiger partial charge < -0.3 is 30.9 Å². The summed E-state index contributed by atoms with van der Waals surface area (Å²) >= 11 is 0. The number of esters is 1. The maximum atomic E-state index is 13.5. The molecule has 1 aliphatic rings. The molecule has 1 aliphatic heterocycles. The molecular weight excluding hydrogens is 632 g/mol. The lowest BCUT2D eigenvalue weighted by molar-refractivity contribution is -0.123. The van der Waals surface area contributed by atoms with Gasteiger partial charge in [-0.1, -0.05) is 66.7 Å². The largest absolute Gasteiger partial charge is 0.508 e. The normalized spacial score (nSPS) is 14.8. The highest BCUT2D eigenvalue weighted by Crippen LogP contribution is 2.23. The SMILES string of the molecule is O=C(Nc1ccc(C(=O)Oc2ccc(-c3ccccc3)cc2)cc1)N[C@@H](Cc1ccc(O)cc1)C(=O)NC1CCN(Cc2ccc(O)cc2)C1. The van der Waals surface area contributed by atoms with Crippen LogP contribution >= 0.6 is 0 Å². The molecule has 1 heterocycles. The lowest BCUT2D eigenvalue weighted by Crippen LogP contribution is -2.52. The Kier molecular flexibility index (Phi) is 10.7. The van der Waals surface area contributed by atoms with Gasteiger partial charge in [-0.05, 0) is 89.3 Å². The lowest BCUT2D eigenvalue weighted by atomic mass is 10.0. The highest BCUT2D eigenvalue weighted by atomic mass is 16.5. The van der Waals surface area contributed by atoms with Crippen LogP contribution in [0.1, 0.15) is 27.9 Å². The third-order valence-electron chi connectivity index (χ3n) is 8.51. The van der Waals surface area contributed by atoms with Crippen LogP contribution < -0.4 is 20.7 Å². The Morgan fingerprint density at radius 2 is 1.36 bits per heavy atom. The van der Waals surface area contributed by atoms with Crippen LogP contribution in [-0.2, 0) is 17.8 Å². The number of aromatic hydroxyl groups is 2. The molecule has 1 unspecified atom stereocenters. The third kappa shape index (κ3) is 9.27. The van der Waals surface area contributed by atoms with Crippen LogP contribution in [0, 0.1) is 0 Å². The maximum absolute atomic E-state index is 13.5. The number of nitrogens with one attached hydrogen (secondary N) is 3. The van der Waals surface area contributed by atoms with Gasteiger partial charge in [-0.25, -0.2) is 9.59 Å². The highest BCUT2D eigenvalue weighted by molar-refractivity contribution is 5.95. The average molecular weight is 671 g/mol. The van der Waals surface area contributed by atoms with E-state index in [0.717, 1.165) is 35.2 Å². The number of rotatable bonds is 11. The van der Waals surface area contributed by atoms with E-state index >= 15 is 0 Å². The van der Waals surface area contributed by atoms with E-state index in [0.29, 0.717) is 30.1 Å². The van der Waals surface area contributed by atoms with E-state index in [2.05, 4.69) is 20.9 Å². The summed E-state index contributed by atoms with van der Waals surface area (Å²) in [5.41, 5.74) is 4.64. The minimum Gasteiger partial charge on any atom is -0.508 e. The smallest absolute Gasteiger partial charge is 0.343 e. The molecule has 1 fully saturated rings. The third-order valence-corrected chi connectivity index (χ3v) is 8.51. The van der Waals surface area contributed by atoms with Crippen molar-refractivity contribution in [2.45, 2.75) is 31.5 Å². The summed E-state index contributed by atoms with van der Waals surface area (Å²) in [6.07, 6.45) is 0.969. The number of phenolic OH excluding ortho intramolecular Hbond substituents is 2. The molecule has 0 spiro atoms. The van der Waals surface area contributed by atoms with Crippen molar-refractivity contribution in [2.24, 2.45) is 0 Å². The molecule has 2 atom stereocenters. The van der Waals surface area contributed by atoms with Gasteiger partial charge >= 0.3 is 12.0 Å². The molecule has 5 N–H and O–H groups in total. The average Bonchev–Trinajstić information content (AvgIpc) is 3.57. The summed E-state index contributed by atoms with van der Waals surface area (Å²) < 4.78 is 5.54. The molecule has 3 amide bonds. The molecule has 10 nitrogen and oxygen atoms in total. The van der Waals surface area contributed by atoms with Crippen molar-refractivity contribution in [3.05, 3.63) is 144 Å². The Morgan fingerprint density at radius 1 is 0.740 bits per heavy atom. The van der Waals surface area contributed by atoms with Crippen LogP contribution in [0.3, 0.4) is 0 Å². The first-order valence-electron chi connectivity index (χ1n) is 16.4. The first kappa shape index (κ1) is 33.8. The Labute approximate surface area is 290 Å². The number of anilines is 1. The van der Waals surface area contributed by atoms with Gasteiger partial charge in [0.05, 0.1) is 5.56 Å². The number of amides is 3. The fraction of sp³-hybridized carbons (Fsp3) is 0.175. The quantitative estimate of drug-likeness (QED) is 0.0844. The Bertz CT molecular complexity index is 1900.